The molecule has 1 unspecified atom stereocenters. The standard InChI is InChI=1S/C24H26N4O2S2/c1-14(2)12-28-23(30)21-17-8-7-15(3)10-18(17)32-22(21)26-24(28)31-13-16-11-20(29)27-9-5-4-6-19(27)25-16/h4-6,9,11,14-15H,7-8,10,12-13H2,1-3H3. The monoisotopic (exact) mass is 466 g/mol. The lowest BCUT2D eigenvalue weighted by molar-refractivity contribution is 0.474. The number of fused-ring (bicyclic) bond motifs is 4. The van der Waals surface area contributed by atoms with Crippen molar-refractivity contribution >= 4 is 39.0 Å². The molecule has 8 heteroatoms. The number of nitrogens with zero attached hydrogens (tertiary/aromatic N) is 4. The second-order valence-corrected chi connectivity index (χ2v) is 11.1. The Morgan fingerprint density at radius 1 is 1.25 bits per heavy atom. The third-order valence-electron chi connectivity index (χ3n) is 5.90. The lowest BCUT2D eigenvalue weighted by atomic mass is 9.89. The highest BCUT2D eigenvalue weighted by molar-refractivity contribution is 7.98. The zero-order valence-corrected chi connectivity index (χ0v) is 20.1. The van der Waals surface area contributed by atoms with Crippen molar-refractivity contribution in [3.8, 4) is 0 Å². The van der Waals surface area contributed by atoms with E-state index in [1.165, 1.54) is 26.6 Å². The molecule has 6 nitrogen and oxygen atoms in total. The van der Waals surface area contributed by atoms with Crippen molar-refractivity contribution in [2.24, 2.45) is 11.8 Å². The fraction of sp³-hybridized carbons (Fsp3) is 0.417. The van der Waals surface area contributed by atoms with E-state index in [9.17, 15) is 9.59 Å². The average molecular weight is 467 g/mol. The lowest BCUT2D eigenvalue weighted by Gasteiger charge is -2.18. The van der Waals surface area contributed by atoms with Crippen LogP contribution in [-0.2, 0) is 25.1 Å². The van der Waals surface area contributed by atoms with E-state index in [0.29, 0.717) is 40.6 Å². The summed E-state index contributed by atoms with van der Waals surface area (Å²) in [6, 6.07) is 7.07. The first-order valence-electron chi connectivity index (χ1n) is 11.1. The van der Waals surface area contributed by atoms with Gasteiger partial charge in [0.15, 0.2) is 5.16 Å². The summed E-state index contributed by atoms with van der Waals surface area (Å²) in [5.41, 5.74) is 2.51. The number of hydrogen-bond acceptors (Lipinski definition) is 6. The molecule has 32 heavy (non-hydrogen) atoms. The largest absolute Gasteiger partial charge is 0.287 e. The van der Waals surface area contributed by atoms with E-state index in [1.807, 2.05) is 22.8 Å². The van der Waals surface area contributed by atoms with E-state index in [0.717, 1.165) is 29.5 Å². The fourth-order valence-corrected chi connectivity index (χ4v) is 6.68. The summed E-state index contributed by atoms with van der Waals surface area (Å²) in [7, 11) is 0. The van der Waals surface area contributed by atoms with Gasteiger partial charge in [0, 0.05) is 29.4 Å². The highest BCUT2D eigenvalue weighted by atomic mass is 32.2. The summed E-state index contributed by atoms with van der Waals surface area (Å²) in [6.45, 7) is 7.13. The van der Waals surface area contributed by atoms with Gasteiger partial charge in [-0.15, -0.1) is 11.3 Å². The molecule has 4 aromatic heterocycles. The molecule has 0 aromatic carbocycles. The normalized spacial score (nSPS) is 16.2. The Balaban J connectivity index is 1.55. The minimum absolute atomic E-state index is 0.0739. The Morgan fingerprint density at radius 3 is 2.91 bits per heavy atom. The van der Waals surface area contributed by atoms with Crippen LogP contribution in [0, 0.1) is 11.8 Å². The zero-order chi connectivity index (χ0) is 22.4. The molecule has 0 N–H and O–H groups in total. The predicted octanol–water partition coefficient (Wildman–Crippen LogP) is 4.54. The Labute approximate surface area is 194 Å². The number of aromatic nitrogens is 4. The molecule has 4 aromatic rings. The first-order valence-corrected chi connectivity index (χ1v) is 12.9. The number of hydrogen-bond donors (Lipinski definition) is 0. The molecule has 0 spiro atoms. The van der Waals surface area contributed by atoms with Gasteiger partial charge in [-0.3, -0.25) is 18.6 Å². The Morgan fingerprint density at radius 2 is 2.09 bits per heavy atom. The highest BCUT2D eigenvalue weighted by Crippen LogP contribution is 2.36. The molecule has 0 bridgehead atoms. The van der Waals surface area contributed by atoms with Crippen LogP contribution in [-0.4, -0.2) is 18.9 Å². The maximum absolute atomic E-state index is 13.6. The first-order chi connectivity index (χ1) is 15.4. The van der Waals surface area contributed by atoms with E-state index < -0.39 is 0 Å². The third-order valence-corrected chi connectivity index (χ3v) is 8.06. The third kappa shape index (κ3) is 3.90. The van der Waals surface area contributed by atoms with Crippen molar-refractivity contribution in [1.29, 1.82) is 0 Å². The van der Waals surface area contributed by atoms with Gasteiger partial charge in [0.1, 0.15) is 10.5 Å². The van der Waals surface area contributed by atoms with Crippen molar-refractivity contribution in [2.75, 3.05) is 0 Å². The summed E-state index contributed by atoms with van der Waals surface area (Å²) >= 11 is 3.16. The van der Waals surface area contributed by atoms with Crippen LogP contribution in [0.1, 0.15) is 43.3 Å². The molecule has 0 fully saturated rings. The van der Waals surface area contributed by atoms with Gasteiger partial charge in [-0.25, -0.2) is 9.97 Å². The molecule has 0 saturated carbocycles. The molecule has 0 aliphatic heterocycles. The second kappa shape index (κ2) is 8.48. The molecule has 4 heterocycles. The molecule has 0 saturated heterocycles. The summed E-state index contributed by atoms with van der Waals surface area (Å²) in [4.78, 5) is 37.8. The van der Waals surface area contributed by atoms with Crippen LogP contribution in [0.15, 0.2) is 45.2 Å². The molecule has 1 aliphatic rings. The molecule has 0 amide bonds. The number of rotatable bonds is 5. The van der Waals surface area contributed by atoms with Gasteiger partial charge in [-0.1, -0.05) is 38.6 Å². The van der Waals surface area contributed by atoms with Crippen LogP contribution in [0.4, 0.5) is 0 Å². The fourth-order valence-electron chi connectivity index (χ4n) is 4.36. The van der Waals surface area contributed by atoms with E-state index in [-0.39, 0.29) is 11.1 Å². The van der Waals surface area contributed by atoms with Gasteiger partial charge in [-0.2, -0.15) is 0 Å². The van der Waals surface area contributed by atoms with E-state index >= 15 is 0 Å². The Bertz CT molecular complexity index is 1430. The molecule has 1 aliphatic carbocycles. The van der Waals surface area contributed by atoms with Crippen molar-refractivity contribution in [3.63, 3.8) is 0 Å². The van der Waals surface area contributed by atoms with Crippen molar-refractivity contribution in [3.05, 3.63) is 67.3 Å². The van der Waals surface area contributed by atoms with Gasteiger partial charge in [0.2, 0.25) is 0 Å². The van der Waals surface area contributed by atoms with E-state index in [1.54, 1.807) is 23.6 Å². The van der Waals surface area contributed by atoms with Crippen LogP contribution in [0.25, 0.3) is 15.9 Å². The molecule has 5 rings (SSSR count). The molecule has 166 valence electrons. The number of aryl methyl sites for hydroxylation is 1. The number of thiophene rings is 1. The smallest absolute Gasteiger partial charge is 0.263 e. The lowest BCUT2D eigenvalue weighted by Crippen LogP contribution is -2.26. The van der Waals surface area contributed by atoms with Gasteiger partial charge in [-0.05, 0) is 48.8 Å². The summed E-state index contributed by atoms with van der Waals surface area (Å²) < 4.78 is 3.36. The van der Waals surface area contributed by atoms with Crippen LogP contribution in [0.3, 0.4) is 0 Å². The minimum Gasteiger partial charge on any atom is -0.287 e. The molecule has 0 radical (unpaired) electrons. The second-order valence-electron chi connectivity index (χ2n) is 9.04. The molecular weight excluding hydrogens is 440 g/mol. The van der Waals surface area contributed by atoms with Gasteiger partial charge in [0.25, 0.3) is 11.1 Å². The topological polar surface area (TPSA) is 69.3 Å². The number of pyridine rings is 1. The van der Waals surface area contributed by atoms with E-state index in [4.69, 9.17) is 4.98 Å². The van der Waals surface area contributed by atoms with Gasteiger partial charge < -0.3 is 0 Å². The van der Waals surface area contributed by atoms with Gasteiger partial charge >= 0.3 is 0 Å². The Hall–Kier alpha value is -2.45. The molecular formula is C24H26N4O2S2. The Kier molecular flexibility index (Phi) is 5.67. The van der Waals surface area contributed by atoms with E-state index in [2.05, 4.69) is 25.8 Å². The van der Waals surface area contributed by atoms with Crippen LogP contribution >= 0.6 is 23.1 Å². The van der Waals surface area contributed by atoms with Crippen molar-refractivity contribution < 1.29 is 0 Å². The first kappa shape index (κ1) is 21.4. The van der Waals surface area contributed by atoms with Crippen LogP contribution in [0.2, 0.25) is 0 Å². The molecule has 1 atom stereocenters. The summed E-state index contributed by atoms with van der Waals surface area (Å²) in [5, 5.41) is 1.53. The average Bonchev–Trinajstić information content (AvgIpc) is 3.11. The number of thioether (sulfide) groups is 1. The summed E-state index contributed by atoms with van der Waals surface area (Å²) in [5.74, 6) is 1.46. The SMILES string of the molecule is CC(C)Cn1c(SCc2cc(=O)n3ccccc3n2)nc2sc3c(c2c1=O)CCC(C)C3. The minimum atomic E-state index is -0.103. The zero-order valence-electron chi connectivity index (χ0n) is 18.5. The van der Waals surface area contributed by atoms with Crippen molar-refractivity contribution in [1.82, 2.24) is 18.9 Å². The van der Waals surface area contributed by atoms with Gasteiger partial charge in [0.05, 0.1) is 11.1 Å². The van der Waals surface area contributed by atoms with Crippen LogP contribution < -0.4 is 11.1 Å². The maximum Gasteiger partial charge on any atom is 0.263 e. The quantitative estimate of drug-likeness (QED) is 0.319. The van der Waals surface area contributed by atoms with Crippen LogP contribution in [0.5, 0.6) is 0 Å². The maximum atomic E-state index is 13.6. The highest BCUT2D eigenvalue weighted by Gasteiger charge is 2.25. The summed E-state index contributed by atoms with van der Waals surface area (Å²) in [6.07, 6.45) is 4.85. The predicted molar refractivity (Wildman–Crippen MR) is 131 cm³/mol. The van der Waals surface area contributed by atoms with Crippen molar-refractivity contribution in [2.45, 2.75) is 57.5 Å².